The van der Waals surface area contributed by atoms with Gasteiger partial charge in [-0.25, -0.2) is 0 Å². The van der Waals surface area contributed by atoms with Crippen LogP contribution in [0.15, 0.2) is 18.2 Å². The van der Waals surface area contributed by atoms with E-state index in [0.29, 0.717) is 16.8 Å². The molecule has 1 unspecified atom stereocenters. The number of hydrogen-bond donors (Lipinski definition) is 1. The second kappa shape index (κ2) is 7.13. The Morgan fingerprint density at radius 3 is 3.05 bits per heavy atom. The van der Waals surface area contributed by atoms with Gasteiger partial charge in [0, 0.05) is 19.7 Å². The second-order valence-corrected chi connectivity index (χ2v) is 5.63. The first-order valence-electron chi connectivity index (χ1n) is 7.07. The SMILES string of the molecule is CCCOC1CCCN(Cc2ccc(Cl)c(N)c2)C1. The van der Waals surface area contributed by atoms with Gasteiger partial charge in [0.05, 0.1) is 16.8 Å². The first-order valence-corrected chi connectivity index (χ1v) is 7.44. The third kappa shape index (κ3) is 4.37. The maximum absolute atomic E-state index is 5.95. The maximum atomic E-state index is 5.95. The predicted molar refractivity (Wildman–Crippen MR) is 80.4 cm³/mol. The Balaban J connectivity index is 1.89. The van der Waals surface area contributed by atoms with Crippen molar-refractivity contribution in [3.63, 3.8) is 0 Å². The fraction of sp³-hybridized carbons (Fsp3) is 0.600. The number of benzene rings is 1. The first kappa shape index (κ1) is 14.6. The number of piperidine rings is 1. The van der Waals surface area contributed by atoms with Crippen molar-refractivity contribution < 1.29 is 4.74 Å². The molecule has 1 fully saturated rings. The molecule has 1 saturated heterocycles. The van der Waals surface area contributed by atoms with Crippen molar-refractivity contribution in [3.8, 4) is 0 Å². The van der Waals surface area contributed by atoms with Gasteiger partial charge in [0.1, 0.15) is 0 Å². The van der Waals surface area contributed by atoms with Gasteiger partial charge < -0.3 is 10.5 Å². The molecule has 0 amide bonds. The van der Waals surface area contributed by atoms with Gasteiger partial charge in [0.15, 0.2) is 0 Å². The minimum Gasteiger partial charge on any atom is -0.398 e. The van der Waals surface area contributed by atoms with Crippen molar-refractivity contribution in [2.24, 2.45) is 0 Å². The molecule has 0 aliphatic carbocycles. The molecule has 0 aromatic heterocycles. The highest BCUT2D eigenvalue weighted by molar-refractivity contribution is 6.33. The zero-order valence-corrected chi connectivity index (χ0v) is 12.3. The summed E-state index contributed by atoms with van der Waals surface area (Å²) in [5.41, 5.74) is 7.73. The molecule has 1 aliphatic rings. The predicted octanol–water partition coefficient (Wildman–Crippen LogP) is 3.31. The Morgan fingerprint density at radius 2 is 2.32 bits per heavy atom. The van der Waals surface area contributed by atoms with Crippen molar-refractivity contribution in [2.75, 3.05) is 25.4 Å². The largest absolute Gasteiger partial charge is 0.398 e. The summed E-state index contributed by atoms with van der Waals surface area (Å²) in [5, 5.41) is 0.631. The van der Waals surface area contributed by atoms with E-state index in [1.165, 1.54) is 18.4 Å². The van der Waals surface area contributed by atoms with E-state index in [1.54, 1.807) is 0 Å². The van der Waals surface area contributed by atoms with Crippen LogP contribution in [-0.4, -0.2) is 30.7 Å². The summed E-state index contributed by atoms with van der Waals surface area (Å²) in [6.07, 6.45) is 3.86. The van der Waals surface area contributed by atoms with Crippen molar-refractivity contribution in [1.82, 2.24) is 4.90 Å². The van der Waals surface area contributed by atoms with Crippen molar-refractivity contribution in [2.45, 2.75) is 38.8 Å². The maximum Gasteiger partial charge on any atom is 0.0702 e. The third-order valence-corrected chi connectivity index (χ3v) is 3.83. The van der Waals surface area contributed by atoms with Crippen molar-refractivity contribution in [3.05, 3.63) is 28.8 Å². The summed E-state index contributed by atoms with van der Waals surface area (Å²) < 4.78 is 5.86. The molecule has 2 rings (SSSR count). The normalized spacial score (nSPS) is 20.6. The molecule has 3 nitrogen and oxygen atoms in total. The quantitative estimate of drug-likeness (QED) is 0.842. The molecule has 1 aromatic rings. The lowest BCUT2D eigenvalue weighted by Gasteiger charge is -2.32. The zero-order valence-electron chi connectivity index (χ0n) is 11.6. The number of nitrogen functional groups attached to an aromatic ring is 1. The van der Waals surface area contributed by atoms with Crippen LogP contribution >= 0.6 is 11.6 Å². The molecule has 0 radical (unpaired) electrons. The Kier molecular flexibility index (Phi) is 5.49. The van der Waals surface area contributed by atoms with Gasteiger partial charge in [-0.15, -0.1) is 0 Å². The van der Waals surface area contributed by atoms with Crippen LogP contribution in [0.3, 0.4) is 0 Å². The molecular formula is C15H23ClN2O. The van der Waals surface area contributed by atoms with E-state index in [9.17, 15) is 0 Å². The summed E-state index contributed by atoms with van der Waals surface area (Å²) in [6.45, 7) is 6.09. The third-order valence-electron chi connectivity index (χ3n) is 3.49. The highest BCUT2D eigenvalue weighted by Crippen LogP contribution is 2.22. The topological polar surface area (TPSA) is 38.5 Å². The van der Waals surface area contributed by atoms with Crippen LogP contribution in [-0.2, 0) is 11.3 Å². The number of nitrogens with two attached hydrogens (primary N) is 1. The lowest BCUT2D eigenvalue weighted by atomic mass is 10.1. The van der Waals surface area contributed by atoms with Crippen molar-refractivity contribution in [1.29, 1.82) is 0 Å². The number of likely N-dealkylation sites (tertiary alicyclic amines) is 1. The Hall–Kier alpha value is -0.770. The summed E-state index contributed by atoms with van der Waals surface area (Å²) in [5.74, 6) is 0. The zero-order chi connectivity index (χ0) is 13.7. The molecule has 2 N–H and O–H groups in total. The minimum atomic E-state index is 0.387. The highest BCUT2D eigenvalue weighted by atomic mass is 35.5. The summed E-state index contributed by atoms with van der Waals surface area (Å²) in [7, 11) is 0. The minimum absolute atomic E-state index is 0.387. The van der Waals surface area contributed by atoms with Crippen LogP contribution in [0.25, 0.3) is 0 Å². The highest BCUT2D eigenvalue weighted by Gasteiger charge is 2.20. The molecule has 4 heteroatoms. The molecule has 1 aromatic carbocycles. The van der Waals surface area contributed by atoms with E-state index in [0.717, 1.165) is 32.7 Å². The van der Waals surface area contributed by atoms with Crippen LogP contribution in [0, 0.1) is 0 Å². The fourth-order valence-corrected chi connectivity index (χ4v) is 2.64. The number of ether oxygens (including phenoxy) is 1. The number of nitrogens with zero attached hydrogens (tertiary/aromatic N) is 1. The Bertz CT molecular complexity index is 411. The van der Waals surface area contributed by atoms with E-state index in [1.807, 2.05) is 12.1 Å². The number of anilines is 1. The summed E-state index contributed by atoms with van der Waals surface area (Å²) >= 11 is 5.95. The number of rotatable bonds is 5. The van der Waals surface area contributed by atoms with E-state index in [2.05, 4.69) is 17.9 Å². The lowest BCUT2D eigenvalue weighted by Crippen LogP contribution is -2.39. The summed E-state index contributed by atoms with van der Waals surface area (Å²) in [4.78, 5) is 2.44. The van der Waals surface area contributed by atoms with E-state index in [4.69, 9.17) is 22.1 Å². The molecule has 106 valence electrons. The van der Waals surface area contributed by atoms with Gasteiger partial charge in [-0.05, 0) is 43.5 Å². The molecule has 19 heavy (non-hydrogen) atoms. The van der Waals surface area contributed by atoms with Crippen LogP contribution < -0.4 is 5.73 Å². The molecule has 1 heterocycles. The van der Waals surface area contributed by atoms with Gasteiger partial charge in [-0.3, -0.25) is 4.90 Å². The Labute approximate surface area is 120 Å². The first-order chi connectivity index (χ1) is 9.19. The Morgan fingerprint density at radius 1 is 1.47 bits per heavy atom. The number of halogens is 1. The van der Waals surface area contributed by atoms with Gasteiger partial charge in [-0.2, -0.15) is 0 Å². The van der Waals surface area contributed by atoms with E-state index in [-0.39, 0.29) is 0 Å². The molecular weight excluding hydrogens is 260 g/mol. The van der Waals surface area contributed by atoms with Crippen LogP contribution in [0.4, 0.5) is 5.69 Å². The molecule has 1 atom stereocenters. The molecule has 1 aliphatic heterocycles. The second-order valence-electron chi connectivity index (χ2n) is 5.23. The molecule has 0 bridgehead atoms. The van der Waals surface area contributed by atoms with Gasteiger partial charge in [0.25, 0.3) is 0 Å². The average molecular weight is 283 g/mol. The molecule has 0 spiro atoms. The van der Waals surface area contributed by atoms with Crippen molar-refractivity contribution >= 4 is 17.3 Å². The smallest absolute Gasteiger partial charge is 0.0702 e. The van der Waals surface area contributed by atoms with Gasteiger partial charge >= 0.3 is 0 Å². The van der Waals surface area contributed by atoms with Gasteiger partial charge in [-0.1, -0.05) is 24.6 Å². The molecule has 0 saturated carbocycles. The van der Waals surface area contributed by atoms with E-state index < -0.39 is 0 Å². The van der Waals surface area contributed by atoms with Gasteiger partial charge in [0.2, 0.25) is 0 Å². The number of hydrogen-bond acceptors (Lipinski definition) is 3. The van der Waals surface area contributed by atoms with Crippen LogP contribution in [0.2, 0.25) is 5.02 Å². The van der Waals surface area contributed by atoms with Crippen LogP contribution in [0.5, 0.6) is 0 Å². The fourth-order valence-electron chi connectivity index (χ4n) is 2.53. The lowest BCUT2D eigenvalue weighted by molar-refractivity contribution is -0.00222. The van der Waals surface area contributed by atoms with Crippen LogP contribution in [0.1, 0.15) is 31.7 Å². The average Bonchev–Trinajstić information content (AvgIpc) is 2.41. The monoisotopic (exact) mass is 282 g/mol. The standard InChI is InChI=1S/C15H23ClN2O/c1-2-8-19-13-4-3-7-18(11-13)10-12-5-6-14(16)15(17)9-12/h5-6,9,13H,2-4,7-8,10-11,17H2,1H3. The summed E-state index contributed by atoms with van der Waals surface area (Å²) in [6, 6.07) is 5.90. The van der Waals surface area contributed by atoms with E-state index >= 15 is 0 Å².